The van der Waals surface area contributed by atoms with E-state index in [1.54, 1.807) is 12.1 Å². The molecule has 2 N–H and O–H groups in total. The topological polar surface area (TPSA) is 51.8 Å². The number of benzene rings is 1. The molecule has 2 aliphatic rings. The third-order valence-corrected chi connectivity index (χ3v) is 5.05. The minimum absolute atomic E-state index is 0. The third kappa shape index (κ3) is 5.42. The molecule has 0 bridgehead atoms. The average molecular weight is 393 g/mol. The summed E-state index contributed by atoms with van der Waals surface area (Å²) in [7, 11) is 1.44. The standard InChI is InChI=1S/C18H26F2N2O3.ClH/c1-23-16-6-5-12(9-17(16)25-18(19)20)10-22-14-4-2-3-13(14)15-11-24-8-7-21-15;/h5-6,9,13-15,18,21-22H,2-4,7-8,10-11H2,1H3;1H. The van der Waals surface area contributed by atoms with Gasteiger partial charge in [-0.05, 0) is 36.5 Å². The maximum atomic E-state index is 12.5. The molecule has 2 fully saturated rings. The van der Waals surface area contributed by atoms with Crippen molar-refractivity contribution in [1.29, 1.82) is 0 Å². The zero-order chi connectivity index (χ0) is 17.6. The summed E-state index contributed by atoms with van der Waals surface area (Å²) in [4.78, 5) is 0. The zero-order valence-electron chi connectivity index (χ0n) is 14.9. The Morgan fingerprint density at radius 1 is 1.31 bits per heavy atom. The molecule has 0 amide bonds. The maximum Gasteiger partial charge on any atom is 0.387 e. The van der Waals surface area contributed by atoms with Crippen molar-refractivity contribution in [2.24, 2.45) is 5.92 Å². The average Bonchev–Trinajstić information content (AvgIpc) is 3.09. The summed E-state index contributed by atoms with van der Waals surface area (Å²) in [5.41, 5.74) is 0.898. The molecule has 0 radical (unpaired) electrons. The van der Waals surface area contributed by atoms with E-state index in [9.17, 15) is 8.78 Å². The molecule has 0 spiro atoms. The van der Waals surface area contributed by atoms with Crippen LogP contribution in [-0.2, 0) is 11.3 Å². The van der Waals surface area contributed by atoms with Gasteiger partial charge in [-0.2, -0.15) is 8.78 Å². The number of hydrogen-bond donors (Lipinski definition) is 2. The smallest absolute Gasteiger partial charge is 0.387 e. The molecule has 1 saturated carbocycles. The summed E-state index contributed by atoms with van der Waals surface area (Å²) in [6.45, 7) is 0.185. The second-order valence-corrected chi connectivity index (χ2v) is 6.58. The molecule has 26 heavy (non-hydrogen) atoms. The van der Waals surface area contributed by atoms with Crippen LogP contribution in [-0.4, -0.2) is 45.6 Å². The fourth-order valence-electron chi connectivity index (χ4n) is 3.85. The first kappa shape index (κ1) is 21.2. The van der Waals surface area contributed by atoms with Crippen LogP contribution in [0.3, 0.4) is 0 Å². The molecule has 1 heterocycles. The minimum Gasteiger partial charge on any atom is -0.493 e. The quantitative estimate of drug-likeness (QED) is 0.747. The van der Waals surface area contributed by atoms with Gasteiger partial charge in [-0.1, -0.05) is 12.5 Å². The molecule has 1 aliphatic heterocycles. The summed E-state index contributed by atoms with van der Waals surface area (Å²) in [5.74, 6) is 0.920. The molecule has 3 unspecified atom stereocenters. The van der Waals surface area contributed by atoms with Gasteiger partial charge in [0.2, 0.25) is 0 Å². The summed E-state index contributed by atoms with van der Waals surface area (Å²) in [6, 6.07) is 5.94. The molecule has 8 heteroatoms. The Bertz CT molecular complexity index is 559. The van der Waals surface area contributed by atoms with Crippen molar-refractivity contribution in [1.82, 2.24) is 10.6 Å². The van der Waals surface area contributed by atoms with Crippen molar-refractivity contribution >= 4 is 12.4 Å². The van der Waals surface area contributed by atoms with Gasteiger partial charge in [0.25, 0.3) is 0 Å². The Labute approximate surface area is 159 Å². The fourth-order valence-corrected chi connectivity index (χ4v) is 3.85. The van der Waals surface area contributed by atoms with Gasteiger partial charge in [-0.15, -0.1) is 12.4 Å². The number of halogens is 3. The molecular formula is C18H27ClF2N2O3. The third-order valence-electron chi connectivity index (χ3n) is 5.05. The summed E-state index contributed by atoms with van der Waals surface area (Å²) >= 11 is 0. The van der Waals surface area contributed by atoms with Gasteiger partial charge in [0.1, 0.15) is 0 Å². The van der Waals surface area contributed by atoms with E-state index < -0.39 is 6.61 Å². The van der Waals surface area contributed by atoms with E-state index in [1.165, 1.54) is 20.0 Å². The Morgan fingerprint density at radius 2 is 2.15 bits per heavy atom. The highest BCUT2D eigenvalue weighted by Gasteiger charge is 2.34. The summed E-state index contributed by atoms with van der Waals surface area (Å²) in [5, 5.41) is 7.13. The normalized spacial score (nSPS) is 25.8. The number of methoxy groups -OCH3 is 1. The molecule has 1 aromatic carbocycles. The molecule has 5 nitrogen and oxygen atoms in total. The van der Waals surface area contributed by atoms with Gasteiger partial charge >= 0.3 is 6.61 Å². The number of hydrogen-bond acceptors (Lipinski definition) is 5. The molecule has 3 atom stereocenters. The van der Waals surface area contributed by atoms with Gasteiger partial charge in [0.05, 0.1) is 20.3 Å². The van der Waals surface area contributed by atoms with Gasteiger partial charge in [-0.25, -0.2) is 0 Å². The van der Waals surface area contributed by atoms with Crippen molar-refractivity contribution in [3.63, 3.8) is 0 Å². The SMILES string of the molecule is COc1ccc(CNC2CCCC2C2COCCN2)cc1OC(F)F.Cl. The van der Waals surface area contributed by atoms with E-state index in [1.807, 2.05) is 6.07 Å². The molecule has 148 valence electrons. The Morgan fingerprint density at radius 3 is 2.85 bits per heavy atom. The van der Waals surface area contributed by atoms with E-state index in [2.05, 4.69) is 15.4 Å². The molecule has 3 rings (SSSR count). The minimum atomic E-state index is -2.87. The Hall–Kier alpha value is -1.15. The van der Waals surface area contributed by atoms with Gasteiger partial charge in [-0.3, -0.25) is 0 Å². The van der Waals surface area contributed by atoms with E-state index >= 15 is 0 Å². The first-order chi connectivity index (χ1) is 12.2. The van der Waals surface area contributed by atoms with Crippen molar-refractivity contribution < 1.29 is 23.0 Å². The van der Waals surface area contributed by atoms with Crippen LogP contribution in [0.15, 0.2) is 18.2 Å². The number of nitrogens with one attached hydrogen (secondary N) is 2. The Kier molecular flexibility index (Phi) is 8.34. The van der Waals surface area contributed by atoms with E-state index in [0.29, 0.717) is 30.3 Å². The monoisotopic (exact) mass is 392 g/mol. The Balaban J connectivity index is 0.00000243. The summed E-state index contributed by atoms with van der Waals surface area (Å²) < 4.78 is 40.3. The van der Waals surface area contributed by atoms with E-state index in [-0.39, 0.29) is 18.2 Å². The lowest BCUT2D eigenvalue weighted by Crippen LogP contribution is -2.50. The van der Waals surface area contributed by atoms with Crippen LogP contribution >= 0.6 is 12.4 Å². The second-order valence-electron chi connectivity index (χ2n) is 6.58. The van der Waals surface area contributed by atoms with Gasteiger partial charge in [0, 0.05) is 25.2 Å². The number of ether oxygens (including phenoxy) is 3. The van der Waals surface area contributed by atoms with Crippen molar-refractivity contribution in [3.05, 3.63) is 23.8 Å². The van der Waals surface area contributed by atoms with Crippen molar-refractivity contribution in [2.45, 2.75) is 44.5 Å². The molecule has 0 aromatic heterocycles. The molecule has 1 saturated heterocycles. The first-order valence-corrected chi connectivity index (χ1v) is 8.83. The number of alkyl halides is 2. The van der Waals surface area contributed by atoms with Crippen molar-refractivity contribution in [3.8, 4) is 11.5 Å². The maximum absolute atomic E-state index is 12.5. The van der Waals surface area contributed by atoms with Gasteiger partial charge < -0.3 is 24.8 Å². The highest BCUT2D eigenvalue weighted by molar-refractivity contribution is 5.85. The lowest BCUT2D eigenvalue weighted by atomic mass is 9.94. The lowest BCUT2D eigenvalue weighted by Gasteiger charge is -2.33. The molecule has 1 aromatic rings. The highest BCUT2D eigenvalue weighted by atomic mass is 35.5. The first-order valence-electron chi connectivity index (χ1n) is 8.83. The highest BCUT2D eigenvalue weighted by Crippen LogP contribution is 2.31. The fraction of sp³-hybridized carbons (Fsp3) is 0.667. The molecule has 1 aliphatic carbocycles. The predicted octanol–water partition coefficient (Wildman–Crippen LogP) is 2.97. The van der Waals surface area contributed by atoms with Crippen LogP contribution < -0.4 is 20.1 Å². The van der Waals surface area contributed by atoms with E-state index in [0.717, 1.165) is 31.7 Å². The number of morpholine rings is 1. The lowest BCUT2D eigenvalue weighted by molar-refractivity contribution is -0.0512. The van der Waals surface area contributed by atoms with Gasteiger partial charge in [0.15, 0.2) is 11.5 Å². The summed E-state index contributed by atoms with van der Waals surface area (Å²) in [6.07, 6.45) is 3.50. The second kappa shape index (κ2) is 10.3. The van der Waals surface area contributed by atoms with Crippen LogP contribution in [0.2, 0.25) is 0 Å². The molecular weight excluding hydrogens is 366 g/mol. The van der Waals surface area contributed by atoms with Crippen LogP contribution in [0.5, 0.6) is 11.5 Å². The van der Waals surface area contributed by atoms with Crippen LogP contribution in [0, 0.1) is 5.92 Å². The number of rotatable bonds is 7. The zero-order valence-corrected chi connectivity index (χ0v) is 15.7. The van der Waals surface area contributed by atoms with Crippen molar-refractivity contribution in [2.75, 3.05) is 26.9 Å². The van der Waals surface area contributed by atoms with Crippen LogP contribution in [0.25, 0.3) is 0 Å². The predicted molar refractivity (Wildman–Crippen MR) is 97.5 cm³/mol. The van der Waals surface area contributed by atoms with E-state index in [4.69, 9.17) is 9.47 Å². The van der Waals surface area contributed by atoms with Crippen LogP contribution in [0.4, 0.5) is 8.78 Å². The van der Waals surface area contributed by atoms with Crippen LogP contribution in [0.1, 0.15) is 24.8 Å². The largest absolute Gasteiger partial charge is 0.493 e.